The summed E-state index contributed by atoms with van der Waals surface area (Å²) in [5.74, 6) is 2.13. The van der Waals surface area contributed by atoms with Gasteiger partial charge in [-0.1, -0.05) is 25.9 Å². The number of hydrogen-bond acceptors (Lipinski definition) is 5. The molecule has 7 nitrogen and oxygen atoms in total. The van der Waals surface area contributed by atoms with Gasteiger partial charge in [0, 0.05) is 57.3 Å². The van der Waals surface area contributed by atoms with E-state index in [1.54, 1.807) is 0 Å². The van der Waals surface area contributed by atoms with Crippen LogP contribution in [-0.2, 0) is 6.54 Å². The lowest BCUT2D eigenvalue weighted by Crippen LogP contribution is -2.53. The second-order valence-electron chi connectivity index (χ2n) is 7.63. The molecule has 0 spiro atoms. The van der Waals surface area contributed by atoms with Gasteiger partial charge in [0.1, 0.15) is 6.54 Å². The van der Waals surface area contributed by atoms with Gasteiger partial charge >= 0.3 is 0 Å². The van der Waals surface area contributed by atoms with Crippen LogP contribution in [0.4, 0.5) is 0 Å². The number of rotatable bonds is 10. The lowest BCUT2D eigenvalue weighted by molar-refractivity contribution is 0.107. The molecule has 2 heterocycles. The van der Waals surface area contributed by atoms with E-state index in [9.17, 15) is 0 Å². The minimum absolute atomic E-state index is 0. The van der Waals surface area contributed by atoms with Gasteiger partial charge in [0.2, 0.25) is 0 Å². The highest BCUT2D eigenvalue weighted by Gasteiger charge is 2.20. The zero-order valence-corrected chi connectivity index (χ0v) is 21.2. The molecule has 1 saturated heterocycles. The summed E-state index contributed by atoms with van der Waals surface area (Å²) in [5, 5.41) is 11.1. The van der Waals surface area contributed by atoms with Crippen LogP contribution in [0.3, 0.4) is 0 Å². The Labute approximate surface area is 194 Å². The number of hydrogen-bond donors (Lipinski definition) is 2. The highest BCUT2D eigenvalue weighted by molar-refractivity contribution is 14.0. The lowest BCUT2D eigenvalue weighted by Gasteiger charge is -2.37. The number of nitrogens with zero attached hydrogens (tertiary/aromatic N) is 4. The molecule has 168 valence electrons. The van der Waals surface area contributed by atoms with Crippen molar-refractivity contribution in [3.63, 3.8) is 0 Å². The normalized spacial score (nSPS) is 17.2. The number of aliphatic imine (C=N–C) groups is 1. The van der Waals surface area contributed by atoms with Crippen LogP contribution in [-0.4, -0.2) is 72.8 Å². The van der Waals surface area contributed by atoms with Crippen LogP contribution >= 0.6 is 24.0 Å². The Balaban J connectivity index is 0.00000420. The molecule has 1 atom stereocenters. The summed E-state index contributed by atoms with van der Waals surface area (Å²) < 4.78 is 5.49. The zero-order chi connectivity index (χ0) is 20.4. The quantitative estimate of drug-likeness (QED) is 0.281. The van der Waals surface area contributed by atoms with Gasteiger partial charge in [0.05, 0.1) is 5.69 Å². The smallest absolute Gasteiger partial charge is 0.191 e. The van der Waals surface area contributed by atoms with E-state index in [2.05, 4.69) is 71.3 Å². The molecule has 1 aromatic heterocycles. The van der Waals surface area contributed by atoms with Gasteiger partial charge in [-0.25, -0.2) is 4.99 Å². The number of guanidine groups is 1. The maximum atomic E-state index is 5.49. The van der Waals surface area contributed by atoms with E-state index in [0.29, 0.717) is 18.5 Å². The molecule has 8 heteroatoms. The van der Waals surface area contributed by atoms with Crippen molar-refractivity contribution in [3.05, 3.63) is 17.5 Å². The molecule has 1 aliphatic heterocycles. The fourth-order valence-electron chi connectivity index (χ4n) is 3.70. The first-order valence-electron chi connectivity index (χ1n) is 11.0. The zero-order valence-electron chi connectivity index (χ0n) is 18.9. The minimum atomic E-state index is 0. The molecule has 0 radical (unpaired) electrons. The highest BCUT2D eigenvalue weighted by Crippen LogP contribution is 2.22. The molecule has 1 fully saturated rings. The van der Waals surface area contributed by atoms with Crippen molar-refractivity contribution in [1.29, 1.82) is 0 Å². The van der Waals surface area contributed by atoms with Crippen LogP contribution < -0.4 is 10.6 Å². The molecule has 1 unspecified atom stereocenters. The summed E-state index contributed by atoms with van der Waals surface area (Å²) in [6, 6.07) is 2.54. The average molecular weight is 521 g/mol. The minimum Gasteiger partial charge on any atom is -0.359 e. The summed E-state index contributed by atoms with van der Waals surface area (Å²) in [6.07, 6.45) is 2.17. The van der Waals surface area contributed by atoms with Gasteiger partial charge in [-0.3, -0.25) is 4.90 Å². The molecule has 2 rings (SSSR count). The molecule has 0 saturated carbocycles. The Morgan fingerprint density at radius 1 is 1.14 bits per heavy atom. The van der Waals surface area contributed by atoms with Crippen molar-refractivity contribution in [2.45, 2.75) is 66.0 Å². The maximum Gasteiger partial charge on any atom is 0.191 e. The molecule has 0 aliphatic carbocycles. The second-order valence-corrected chi connectivity index (χ2v) is 7.63. The monoisotopic (exact) mass is 520 g/mol. The topological polar surface area (TPSA) is 68.9 Å². The Hall–Kier alpha value is -0.870. The number of likely N-dealkylation sites (N-methyl/N-ethyl adjacent to an activating group) is 1. The fraction of sp³-hybridized carbons (Fsp3) is 0.810. The first-order valence-corrected chi connectivity index (χ1v) is 11.0. The molecular weight excluding hydrogens is 479 g/mol. The summed E-state index contributed by atoms with van der Waals surface area (Å²) in [4.78, 5) is 9.75. The number of halogens is 1. The molecular formula is C21H41IN6O. The summed E-state index contributed by atoms with van der Waals surface area (Å²) in [7, 11) is 0. The summed E-state index contributed by atoms with van der Waals surface area (Å²) in [6.45, 7) is 19.0. The third-order valence-electron chi connectivity index (χ3n) is 5.76. The van der Waals surface area contributed by atoms with E-state index in [-0.39, 0.29) is 24.0 Å². The third-order valence-corrected chi connectivity index (χ3v) is 5.76. The van der Waals surface area contributed by atoms with Crippen LogP contribution in [0.5, 0.6) is 0 Å². The van der Waals surface area contributed by atoms with E-state index in [4.69, 9.17) is 4.52 Å². The van der Waals surface area contributed by atoms with E-state index in [1.807, 2.05) is 0 Å². The first kappa shape index (κ1) is 26.2. The van der Waals surface area contributed by atoms with Crippen molar-refractivity contribution in [1.82, 2.24) is 25.6 Å². The summed E-state index contributed by atoms with van der Waals surface area (Å²) >= 11 is 0. The van der Waals surface area contributed by atoms with Crippen molar-refractivity contribution in [3.8, 4) is 0 Å². The van der Waals surface area contributed by atoms with Gasteiger partial charge < -0.3 is 20.1 Å². The van der Waals surface area contributed by atoms with Gasteiger partial charge in [-0.2, -0.15) is 0 Å². The van der Waals surface area contributed by atoms with Gasteiger partial charge in [-0.15, -0.1) is 24.0 Å². The van der Waals surface area contributed by atoms with E-state index in [1.165, 1.54) is 13.1 Å². The van der Waals surface area contributed by atoms with Gasteiger partial charge in [-0.05, 0) is 33.2 Å². The highest BCUT2D eigenvalue weighted by atomic mass is 127. The van der Waals surface area contributed by atoms with Crippen molar-refractivity contribution < 1.29 is 4.52 Å². The van der Waals surface area contributed by atoms with Crippen LogP contribution in [0.2, 0.25) is 0 Å². The second kappa shape index (κ2) is 14.2. The molecule has 0 aromatic carbocycles. The Bertz CT molecular complexity index is 581. The van der Waals surface area contributed by atoms with E-state index >= 15 is 0 Å². The Morgan fingerprint density at radius 2 is 1.83 bits per heavy atom. The average Bonchev–Trinajstić information content (AvgIpc) is 3.19. The third kappa shape index (κ3) is 8.41. The molecule has 1 aromatic rings. The largest absolute Gasteiger partial charge is 0.359 e. The molecule has 2 N–H and O–H groups in total. The lowest BCUT2D eigenvalue weighted by atomic mass is 9.99. The van der Waals surface area contributed by atoms with Crippen LogP contribution in [0.1, 0.15) is 64.8 Å². The predicted octanol–water partition coefficient (Wildman–Crippen LogP) is 3.28. The maximum absolute atomic E-state index is 5.49. The molecule has 29 heavy (non-hydrogen) atoms. The Morgan fingerprint density at radius 3 is 2.41 bits per heavy atom. The van der Waals surface area contributed by atoms with Gasteiger partial charge in [0.25, 0.3) is 0 Å². The number of piperazine rings is 1. The van der Waals surface area contributed by atoms with Crippen LogP contribution in [0.25, 0.3) is 0 Å². The Kier molecular flexibility index (Phi) is 12.8. The van der Waals surface area contributed by atoms with E-state index < -0.39 is 0 Å². The predicted molar refractivity (Wildman–Crippen MR) is 131 cm³/mol. The number of nitrogens with one attached hydrogen (secondary N) is 2. The fourth-order valence-corrected chi connectivity index (χ4v) is 3.70. The molecule has 0 amide bonds. The first-order chi connectivity index (χ1) is 13.6. The molecule has 0 bridgehead atoms. The molecule has 1 aliphatic rings. The van der Waals surface area contributed by atoms with Gasteiger partial charge in [0.15, 0.2) is 11.7 Å². The van der Waals surface area contributed by atoms with Crippen molar-refractivity contribution >= 4 is 29.9 Å². The van der Waals surface area contributed by atoms with Crippen molar-refractivity contribution in [2.24, 2.45) is 4.99 Å². The van der Waals surface area contributed by atoms with E-state index in [0.717, 1.165) is 63.0 Å². The SMILES string of the molecule is CCNC(=NCc1cc(C(CC)CC)no1)NCC(C)N1CCN(CC)CC1.I. The number of aromatic nitrogens is 1. The van der Waals surface area contributed by atoms with Crippen molar-refractivity contribution in [2.75, 3.05) is 45.8 Å². The van der Waals surface area contributed by atoms with Crippen LogP contribution in [0.15, 0.2) is 15.6 Å². The summed E-state index contributed by atoms with van der Waals surface area (Å²) in [5.41, 5.74) is 1.05. The van der Waals surface area contributed by atoms with Crippen LogP contribution in [0, 0.1) is 0 Å². The standard InChI is InChI=1S/C21H40N6O.HI/c1-6-18(7-2)20-14-19(28-25-20)16-24-21(22-8-3)23-15-17(5)27-12-10-26(9-4)11-13-27;/h14,17-18H,6-13,15-16H2,1-5H3,(H2,22,23,24);1H.